The molecule has 34 heavy (non-hydrogen) atoms. The van der Waals surface area contributed by atoms with Crippen LogP contribution in [-0.4, -0.2) is 32.6 Å². The van der Waals surface area contributed by atoms with Gasteiger partial charge in [0.1, 0.15) is 6.04 Å². The zero-order chi connectivity index (χ0) is 24.5. The summed E-state index contributed by atoms with van der Waals surface area (Å²) in [5.41, 5.74) is 8.91. The Hall–Kier alpha value is -2.90. The van der Waals surface area contributed by atoms with E-state index in [-0.39, 0.29) is 5.91 Å². The van der Waals surface area contributed by atoms with Gasteiger partial charge in [-0.15, -0.1) is 0 Å². The number of halogens is 2. The maximum absolute atomic E-state index is 12.3. The number of carbonyl (C=O) groups excluding carboxylic acids is 2. The average molecular weight is 502 g/mol. The Morgan fingerprint density at radius 1 is 1.12 bits per heavy atom. The summed E-state index contributed by atoms with van der Waals surface area (Å²) in [6, 6.07) is 10.6. The minimum Gasteiger partial charge on any atom is -0.368 e. The van der Waals surface area contributed by atoms with Crippen molar-refractivity contribution in [2.45, 2.75) is 57.9 Å². The Kier molecular flexibility index (Phi) is 9.48. The number of aryl methyl sites for hydroxylation is 1. The molecule has 2 aromatic heterocycles. The van der Waals surface area contributed by atoms with Crippen molar-refractivity contribution in [3.05, 3.63) is 64.5 Å². The number of nitrogens with two attached hydrogens (primary N) is 1. The number of nitrogens with zero attached hydrogens (tertiary/aromatic N) is 3. The van der Waals surface area contributed by atoms with Crippen molar-refractivity contribution in [1.29, 1.82) is 0 Å². The highest BCUT2D eigenvalue weighted by atomic mass is 35.5. The Morgan fingerprint density at radius 2 is 1.94 bits per heavy atom. The number of unbranched alkanes of at least 4 members (excludes halogenated alkanes) is 2. The van der Waals surface area contributed by atoms with Crippen LogP contribution in [0.4, 0.5) is 0 Å². The minimum absolute atomic E-state index is 0.158. The van der Waals surface area contributed by atoms with Gasteiger partial charge >= 0.3 is 0 Å². The quantitative estimate of drug-likeness (QED) is 0.336. The molecule has 2 amide bonds. The highest BCUT2D eigenvalue weighted by Crippen LogP contribution is 2.27. The highest BCUT2D eigenvalue weighted by molar-refractivity contribution is 6.42. The lowest BCUT2D eigenvalue weighted by Gasteiger charge is -2.15. The highest BCUT2D eigenvalue weighted by Gasteiger charge is 2.17. The summed E-state index contributed by atoms with van der Waals surface area (Å²) in [6.45, 7) is 2.03. The van der Waals surface area contributed by atoms with Crippen LogP contribution in [0.3, 0.4) is 0 Å². The Balaban J connectivity index is 1.67. The van der Waals surface area contributed by atoms with Crippen LogP contribution in [-0.2, 0) is 16.0 Å². The summed E-state index contributed by atoms with van der Waals surface area (Å²) in [6.07, 6.45) is 8.29. The Labute approximate surface area is 209 Å². The predicted octanol–water partition coefficient (Wildman–Crippen LogP) is 5.11. The van der Waals surface area contributed by atoms with Gasteiger partial charge in [0, 0.05) is 30.1 Å². The van der Waals surface area contributed by atoms with Gasteiger partial charge in [0.2, 0.25) is 11.8 Å². The first-order valence-corrected chi connectivity index (χ1v) is 12.2. The average Bonchev–Trinajstić information content (AvgIpc) is 3.26. The molecule has 0 aliphatic rings. The van der Waals surface area contributed by atoms with Crippen LogP contribution in [0.15, 0.2) is 48.8 Å². The lowest BCUT2D eigenvalue weighted by molar-refractivity contribution is -0.127. The monoisotopic (exact) mass is 501 g/mol. The van der Waals surface area contributed by atoms with Gasteiger partial charge in [-0.05, 0) is 62.1 Å². The van der Waals surface area contributed by atoms with Crippen LogP contribution in [0.25, 0.3) is 16.9 Å². The van der Waals surface area contributed by atoms with Gasteiger partial charge in [-0.25, -0.2) is 4.68 Å². The van der Waals surface area contributed by atoms with Crippen LogP contribution < -0.4 is 11.1 Å². The smallest absolute Gasteiger partial charge is 0.239 e. The molecule has 0 radical (unpaired) electrons. The molecule has 3 aromatic rings. The van der Waals surface area contributed by atoms with Gasteiger partial charge in [-0.2, -0.15) is 5.10 Å². The molecule has 0 saturated carbocycles. The number of hydrogen-bond donors (Lipinski definition) is 2. The van der Waals surface area contributed by atoms with E-state index in [1.807, 2.05) is 35.9 Å². The number of aromatic nitrogens is 3. The molecule has 1 atom stereocenters. The van der Waals surface area contributed by atoms with Gasteiger partial charge in [0.15, 0.2) is 0 Å². The maximum Gasteiger partial charge on any atom is 0.239 e. The van der Waals surface area contributed by atoms with Gasteiger partial charge in [-0.3, -0.25) is 14.6 Å². The van der Waals surface area contributed by atoms with Crippen molar-refractivity contribution in [1.82, 2.24) is 20.1 Å². The number of primary amides is 1. The first-order chi connectivity index (χ1) is 16.4. The number of carbonyl (C=O) groups is 2. The second kappa shape index (κ2) is 12.5. The second-order valence-electron chi connectivity index (χ2n) is 8.14. The van der Waals surface area contributed by atoms with Crippen LogP contribution in [0.5, 0.6) is 0 Å². The molecule has 1 aromatic carbocycles. The standard InChI is InChI=1S/C25H29Cl2N5O2/c1-2-3-9-22(25(28)34)30-24(33)10-5-4-8-18-15-23(17-7-6-13-29-16-17)31-32(18)19-11-12-20(26)21(27)14-19/h6-7,11-16,22H,2-5,8-10H2,1H3,(H2,28,34)(H,30,33). The largest absolute Gasteiger partial charge is 0.368 e. The summed E-state index contributed by atoms with van der Waals surface area (Å²) in [4.78, 5) is 28.1. The van der Waals surface area contributed by atoms with Gasteiger partial charge in [-0.1, -0.05) is 43.0 Å². The van der Waals surface area contributed by atoms with Gasteiger partial charge in [0.25, 0.3) is 0 Å². The van der Waals surface area contributed by atoms with E-state index >= 15 is 0 Å². The number of rotatable bonds is 12. The van der Waals surface area contributed by atoms with E-state index in [4.69, 9.17) is 34.0 Å². The summed E-state index contributed by atoms with van der Waals surface area (Å²) in [7, 11) is 0. The molecule has 9 heteroatoms. The van der Waals surface area contributed by atoms with E-state index in [9.17, 15) is 9.59 Å². The number of benzene rings is 1. The van der Waals surface area contributed by atoms with Crippen molar-refractivity contribution in [2.24, 2.45) is 5.73 Å². The fraction of sp³-hybridized carbons (Fsp3) is 0.360. The van der Waals surface area contributed by atoms with E-state index < -0.39 is 11.9 Å². The molecule has 3 rings (SSSR count). The SMILES string of the molecule is CCCCC(NC(=O)CCCCc1cc(-c2cccnc2)nn1-c1ccc(Cl)c(Cl)c1)C(N)=O. The summed E-state index contributed by atoms with van der Waals surface area (Å²) >= 11 is 12.3. The first-order valence-electron chi connectivity index (χ1n) is 11.4. The fourth-order valence-electron chi connectivity index (χ4n) is 3.65. The lowest BCUT2D eigenvalue weighted by Crippen LogP contribution is -2.44. The van der Waals surface area contributed by atoms with E-state index in [1.54, 1.807) is 24.5 Å². The van der Waals surface area contributed by atoms with Crippen molar-refractivity contribution < 1.29 is 9.59 Å². The van der Waals surface area contributed by atoms with Crippen molar-refractivity contribution >= 4 is 35.0 Å². The number of pyridine rings is 1. The molecule has 0 bridgehead atoms. The summed E-state index contributed by atoms with van der Waals surface area (Å²) < 4.78 is 1.85. The molecule has 3 N–H and O–H groups in total. The van der Waals surface area contributed by atoms with Crippen molar-refractivity contribution in [2.75, 3.05) is 0 Å². The van der Waals surface area contributed by atoms with E-state index in [0.29, 0.717) is 35.7 Å². The van der Waals surface area contributed by atoms with Crippen LogP contribution in [0.1, 0.15) is 51.1 Å². The molecule has 7 nitrogen and oxygen atoms in total. The van der Waals surface area contributed by atoms with E-state index in [1.165, 1.54) is 0 Å². The topological polar surface area (TPSA) is 103 Å². The number of nitrogens with one attached hydrogen (secondary N) is 1. The molecule has 1 unspecified atom stereocenters. The Morgan fingerprint density at radius 3 is 2.62 bits per heavy atom. The summed E-state index contributed by atoms with van der Waals surface area (Å²) in [5, 5.41) is 8.45. The molecule has 0 aliphatic heterocycles. The zero-order valence-corrected chi connectivity index (χ0v) is 20.6. The normalized spacial score (nSPS) is 11.9. The molecule has 0 fully saturated rings. The van der Waals surface area contributed by atoms with Crippen LogP contribution in [0.2, 0.25) is 10.0 Å². The Bertz CT molecular complexity index is 1120. The molecular formula is C25H29Cl2N5O2. The number of amides is 2. The molecule has 2 heterocycles. The van der Waals surface area contributed by atoms with E-state index in [2.05, 4.69) is 10.3 Å². The third kappa shape index (κ3) is 7.05. The third-order valence-corrected chi connectivity index (χ3v) is 6.24. The molecular weight excluding hydrogens is 473 g/mol. The summed E-state index contributed by atoms with van der Waals surface area (Å²) in [5.74, 6) is -0.649. The van der Waals surface area contributed by atoms with Crippen LogP contribution in [0, 0.1) is 0 Å². The van der Waals surface area contributed by atoms with Crippen molar-refractivity contribution in [3.63, 3.8) is 0 Å². The first kappa shape index (κ1) is 25.7. The maximum atomic E-state index is 12.3. The van der Waals surface area contributed by atoms with Crippen LogP contribution >= 0.6 is 23.2 Å². The fourth-order valence-corrected chi connectivity index (χ4v) is 3.94. The van der Waals surface area contributed by atoms with Gasteiger partial charge < -0.3 is 11.1 Å². The molecule has 0 spiro atoms. The minimum atomic E-state index is -0.606. The number of hydrogen-bond acceptors (Lipinski definition) is 4. The van der Waals surface area contributed by atoms with E-state index in [0.717, 1.165) is 41.9 Å². The predicted molar refractivity (Wildman–Crippen MR) is 135 cm³/mol. The zero-order valence-electron chi connectivity index (χ0n) is 19.1. The van der Waals surface area contributed by atoms with Gasteiger partial charge in [0.05, 0.1) is 21.4 Å². The lowest BCUT2D eigenvalue weighted by atomic mass is 10.1. The molecule has 0 aliphatic carbocycles. The second-order valence-corrected chi connectivity index (χ2v) is 8.96. The molecule has 180 valence electrons. The molecule has 0 saturated heterocycles. The third-order valence-electron chi connectivity index (χ3n) is 5.50. The van der Waals surface area contributed by atoms with Crippen molar-refractivity contribution in [3.8, 4) is 16.9 Å².